The first-order valence-corrected chi connectivity index (χ1v) is 9.05. The van der Waals surface area contributed by atoms with E-state index in [1.165, 1.54) is 0 Å². The maximum atomic E-state index is 10.2. The van der Waals surface area contributed by atoms with Gasteiger partial charge in [0, 0.05) is 25.4 Å². The summed E-state index contributed by atoms with van der Waals surface area (Å²) in [5.74, 6) is 0. The van der Waals surface area contributed by atoms with E-state index in [4.69, 9.17) is 9.47 Å². The number of hydrogen-bond acceptors (Lipinski definition) is 4. The Morgan fingerprint density at radius 2 is 1.00 bits per heavy atom. The molecule has 0 aromatic heterocycles. The third-order valence-electron chi connectivity index (χ3n) is 4.04. The summed E-state index contributed by atoms with van der Waals surface area (Å²) in [6, 6.07) is 0. The van der Waals surface area contributed by atoms with Gasteiger partial charge in [-0.25, -0.2) is 0 Å². The Hall–Kier alpha value is -1.12. The quantitative estimate of drug-likeness (QED) is 0.527. The molecule has 2 N–H and O–H groups in total. The van der Waals surface area contributed by atoms with Crippen molar-refractivity contribution in [1.82, 2.24) is 0 Å². The summed E-state index contributed by atoms with van der Waals surface area (Å²) >= 11 is 0. The fraction of sp³-hybridized carbons (Fsp3) is 0.727. The zero-order chi connectivity index (χ0) is 20.7. The molecule has 0 fully saturated rings. The summed E-state index contributed by atoms with van der Waals surface area (Å²) < 4.78 is 10.1. The van der Waals surface area contributed by atoms with Crippen molar-refractivity contribution in [2.24, 2.45) is 10.8 Å². The van der Waals surface area contributed by atoms with Crippen molar-refractivity contribution in [3.8, 4) is 0 Å². The molecule has 0 radical (unpaired) electrons. The first kappa shape index (κ1) is 24.9. The Kier molecular flexibility index (Phi) is 9.83. The van der Waals surface area contributed by atoms with E-state index in [1.54, 1.807) is 14.2 Å². The van der Waals surface area contributed by atoms with Crippen molar-refractivity contribution in [1.29, 1.82) is 0 Å². The van der Waals surface area contributed by atoms with Gasteiger partial charge >= 0.3 is 0 Å². The van der Waals surface area contributed by atoms with Crippen LogP contribution in [0, 0.1) is 10.8 Å². The zero-order valence-electron chi connectivity index (χ0n) is 18.3. The molecule has 4 heteroatoms. The van der Waals surface area contributed by atoms with Gasteiger partial charge in [0.15, 0.2) is 0 Å². The first-order chi connectivity index (χ1) is 11.8. The fourth-order valence-electron chi connectivity index (χ4n) is 2.38. The van der Waals surface area contributed by atoms with Crippen molar-refractivity contribution in [2.45, 2.75) is 67.6 Å². The van der Waals surface area contributed by atoms with Crippen LogP contribution in [0.1, 0.15) is 55.4 Å². The molecule has 0 bridgehead atoms. The van der Waals surface area contributed by atoms with Gasteiger partial charge in [-0.2, -0.15) is 0 Å². The van der Waals surface area contributed by atoms with Crippen molar-refractivity contribution in [3.63, 3.8) is 0 Å². The largest absolute Gasteiger partial charge is 0.386 e. The van der Waals surface area contributed by atoms with Crippen molar-refractivity contribution in [3.05, 3.63) is 33.8 Å². The summed E-state index contributed by atoms with van der Waals surface area (Å²) in [4.78, 5) is 0. The van der Waals surface area contributed by atoms with E-state index < -0.39 is 12.2 Å². The molecule has 150 valence electrons. The van der Waals surface area contributed by atoms with Gasteiger partial charge in [-0.05, 0) is 35.8 Å². The van der Waals surface area contributed by atoms with Crippen LogP contribution in [-0.4, -0.2) is 49.9 Å². The van der Waals surface area contributed by atoms with E-state index in [-0.39, 0.29) is 24.0 Å². The normalized spacial score (nSPS) is 14.2. The Bertz CT molecular complexity index is 533. The van der Waals surface area contributed by atoms with Crippen LogP contribution < -0.4 is 0 Å². The van der Waals surface area contributed by atoms with Crippen LogP contribution in [-0.2, 0) is 9.47 Å². The van der Waals surface area contributed by atoms with Gasteiger partial charge in [0.1, 0.15) is 12.2 Å². The SMILES string of the molecule is COC[C@@H](O)C(C)=C=C(C(=C=C(C)[C@@H](O)COC)C(C)(C)C)C(C)(C)C. The van der Waals surface area contributed by atoms with E-state index in [9.17, 15) is 10.2 Å². The number of hydrogen-bond donors (Lipinski definition) is 2. The number of aliphatic hydroxyl groups excluding tert-OH is 2. The van der Waals surface area contributed by atoms with E-state index >= 15 is 0 Å². The van der Waals surface area contributed by atoms with Gasteiger partial charge in [0.05, 0.1) is 13.2 Å². The van der Waals surface area contributed by atoms with Crippen molar-refractivity contribution in [2.75, 3.05) is 27.4 Å². The van der Waals surface area contributed by atoms with Crippen LogP contribution in [0.5, 0.6) is 0 Å². The molecule has 0 aliphatic heterocycles. The summed E-state index contributed by atoms with van der Waals surface area (Å²) in [6.07, 6.45) is -1.41. The summed E-state index contributed by atoms with van der Waals surface area (Å²) in [5.41, 5.74) is 9.74. The molecule has 26 heavy (non-hydrogen) atoms. The maximum Gasteiger partial charge on any atom is 0.105 e. The molecule has 0 aromatic carbocycles. The van der Waals surface area contributed by atoms with Crippen LogP contribution in [0.2, 0.25) is 0 Å². The Balaban J connectivity index is 6.75. The van der Waals surface area contributed by atoms with E-state index in [0.29, 0.717) is 0 Å². The lowest BCUT2D eigenvalue weighted by Crippen LogP contribution is -2.21. The van der Waals surface area contributed by atoms with Gasteiger partial charge < -0.3 is 19.7 Å². The van der Waals surface area contributed by atoms with Crippen LogP contribution in [0.15, 0.2) is 33.8 Å². The third-order valence-corrected chi connectivity index (χ3v) is 4.04. The molecule has 2 atom stereocenters. The van der Waals surface area contributed by atoms with Gasteiger partial charge in [-0.1, -0.05) is 41.5 Å². The molecule has 0 saturated carbocycles. The lowest BCUT2D eigenvalue weighted by Gasteiger charge is -2.31. The van der Waals surface area contributed by atoms with Gasteiger partial charge in [-0.15, -0.1) is 11.5 Å². The topological polar surface area (TPSA) is 58.9 Å². The number of ether oxygens (including phenoxy) is 2. The van der Waals surface area contributed by atoms with E-state index in [1.807, 2.05) is 13.8 Å². The van der Waals surface area contributed by atoms with Crippen LogP contribution in [0.3, 0.4) is 0 Å². The molecule has 0 aliphatic rings. The van der Waals surface area contributed by atoms with E-state index in [0.717, 1.165) is 22.3 Å². The highest BCUT2D eigenvalue weighted by molar-refractivity contribution is 5.40. The number of methoxy groups -OCH3 is 2. The minimum atomic E-state index is -0.706. The first-order valence-electron chi connectivity index (χ1n) is 9.05. The second-order valence-corrected chi connectivity index (χ2v) is 8.81. The molecule has 0 rings (SSSR count). The lowest BCUT2D eigenvalue weighted by molar-refractivity contribution is 0.0865. The highest BCUT2D eigenvalue weighted by atomic mass is 16.5. The Morgan fingerprint density at radius 3 is 1.19 bits per heavy atom. The summed E-state index contributed by atoms with van der Waals surface area (Å²) in [7, 11) is 3.13. The highest BCUT2D eigenvalue weighted by Crippen LogP contribution is 2.40. The Morgan fingerprint density at radius 1 is 0.731 bits per heavy atom. The average molecular weight is 367 g/mol. The minimum Gasteiger partial charge on any atom is -0.386 e. The molecule has 0 heterocycles. The van der Waals surface area contributed by atoms with Crippen molar-refractivity contribution >= 4 is 0 Å². The smallest absolute Gasteiger partial charge is 0.105 e. The second-order valence-electron chi connectivity index (χ2n) is 8.81. The molecule has 0 aliphatic carbocycles. The monoisotopic (exact) mass is 366 g/mol. The van der Waals surface area contributed by atoms with Crippen molar-refractivity contribution < 1.29 is 19.7 Å². The maximum absolute atomic E-state index is 10.2. The van der Waals surface area contributed by atoms with Crippen LogP contribution in [0.25, 0.3) is 0 Å². The number of aliphatic hydroxyl groups is 2. The number of rotatable bonds is 7. The highest BCUT2D eigenvalue weighted by Gasteiger charge is 2.29. The molecule has 0 spiro atoms. The molecule has 0 unspecified atom stereocenters. The molecule has 0 amide bonds. The third kappa shape index (κ3) is 8.05. The minimum absolute atomic E-state index is 0.212. The zero-order valence-corrected chi connectivity index (χ0v) is 18.3. The summed E-state index contributed by atoms with van der Waals surface area (Å²) in [5, 5.41) is 20.5. The standard InChI is InChI=1S/C22H38O4/c1-15(19(23)13-25-9)11-17(21(3,4)5)18(22(6,7)8)12-16(2)20(24)14-26-10/h19-20,23-24H,13-14H2,1-10H3/t11?,12?,19-,20+. The van der Waals surface area contributed by atoms with Crippen LogP contribution >= 0.6 is 0 Å². The van der Waals surface area contributed by atoms with Gasteiger partial charge in [-0.3, -0.25) is 0 Å². The second kappa shape index (κ2) is 10.3. The van der Waals surface area contributed by atoms with Gasteiger partial charge in [0.2, 0.25) is 0 Å². The molecule has 4 nitrogen and oxygen atoms in total. The molecule has 0 saturated heterocycles. The molecular formula is C22H38O4. The van der Waals surface area contributed by atoms with Gasteiger partial charge in [0.25, 0.3) is 0 Å². The average Bonchev–Trinajstić information content (AvgIpc) is 2.48. The molecule has 0 aromatic rings. The summed E-state index contributed by atoms with van der Waals surface area (Å²) in [6.45, 7) is 16.8. The van der Waals surface area contributed by atoms with Crippen LogP contribution in [0.4, 0.5) is 0 Å². The molecular weight excluding hydrogens is 328 g/mol. The predicted octanol–water partition coefficient (Wildman–Crippen LogP) is 4.04. The lowest BCUT2D eigenvalue weighted by atomic mass is 9.72. The predicted molar refractivity (Wildman–Crippen MR) is 107 cm³/mol. The van der Waals surface area contributed by atoms with E-state index in [2.05, 4.69) is 53.0 Å². The fourth-order valence-corrected chi connectivity index (χ4v) is 2.38. The Labute approximate surface area is 159 Å².